The quantitative estimate of drug-likeness (QED) is 0.786. The number of hydrogen-bond acceptors (Lipinski definition) is 7. The first-order valence-electron chi connectivity index (χ1n) is 8.78. The fourth-order valence-corrected chi connectivity index (χ4v) is 6.11. The molecule has 10 heteroatoms. The van der Waals surface area contributed by atoms with Gasteiger partial charge >= 0.3 is 11.8 Å². The van der Waals surface area contributed by atoms with Crippen LogP contribution in [0, 0.1) is 0 Å². The van der Waals surface area contributed by atoms with E-state index in [0.29, 0.717) is 31.7 Å². The zero-order valence-electron chi connectivity index (χ0n) is 14.3. The maximum atomic E-state index is 12.7. The van der Waals surface area contributed by atoms with Crippen LogP contribution >= 0.6 is 11.3 Å². The Kier molecular flexibility index (Phi) is 4.80. The molecular formula is C16H20N4O4S2. The number of carbonyl (C=O) groups excluding carboxylic acids is 1. The first-order chi connectivity index (χ1) is 12.6. The fraction of sp³-hybridized carbons (Fsp3) is 0.562. The molecular weight excluding hydrogens is 376 g/mol. The molecule has 0 radical (unpaired) electrons. The molecule has 0 unspecified atom stereocenters. The lowest BCUT2D eigenvalue weighted by Crippen LogP contribution is -2.35. The second-order valence-corrected chi connectivity index (χ2v) is 9.62. The van der Waals surface area contributed by atoms with Crippen molar-refractivity contribution in [2.24, 2.45) is 0 Å². The largest absolute Gasteiger partial charge is 0.334 e. The van der Waals surface area contributed by atoms with Gasteiger partial charge in [0.2, 0.25) is 5.82 Å². The van der Waals surface area contributed by atoms with Crippen LogP contribution in [-0.2, 0) is 10.0 Å². The summed E-state index contributed by atoms with van der Waals surface area (Å²) < 4.78 is 32.4. The van der Waals surface area contributed by atoms with Crippen molar-refractivity contribution in [2.45, 2.75) is 36.3 Å². The standard InChI is InChI=1S/C16H20N4O4S2/c21-16(19-6-4-5-7-19)15-17-14(18-24-15)12-10-13(25-11-12)26(22,23)20-8-2-1-3-9-20/h10-11H,1-9H2. The number of carbonyl (C=O) groups is 1. The van der Waals surface area contributed by atoms with Crippen molar-refractivity contribution in [3.05, 3.63) is 17.3 Å². The highest BCUT2D eigenvalue weighted by Crippen LogP contribution is 2.30. The number of amides is 1. The summed E-state index contributed by atoms with van der Waals surface area (Å²) in [5.41, 5.74) is 0.551. The molecule has 2 fully saturated rings. The highest BCUT2D eigenvalue weighted by atomic mass is 32.2. The Labute approximate surface area is 155 Å². The Morgan fingerprint density at radius 1 is 1.08 bits per heavy atom. The molecule has 2 aromatic rings. The smallest absolute Gasteiger partial charge is 0.316 e. The van der Waals surface area contributed by atoms with Crippen LogP contribution in [0.3, 0.4) is 0 Å². The first kappa shape index (κ1) is 17.6. The number of likely N-dealkylation sites (tertiary alicyclic amines) is 1. The number of nitrogens with zero attached hydrogens (tertiary/aromatic N) is 4. The topological polar surface area (TPSA) is 96.6 Å². The van der Waals surface area contributed by atoms with Crippen molar-refractivity contribution in [1.29, 1.82) is 0 Å². The molecule has 2 saturated heterocycles. The molecule has 0 aromatic carbocycles. The SMILES string of the molecule is O=C(c1nc(-c2csc(S(=O)(=O)N3CCCCC3)c2)no1)N1CCCC1. The molecule has 1 amide bonds. The van der Waals surface area contributed by atoms with Gasteiger partial charge in [-0.2, -0.15) is 9.29 Å². The van der Waals surface area contributed by atoms with E-state index >= 15 is 0 Å². The summed E-state index contributed by atoms with van der Waals surface area (Å²) in [6.07, 6.45) is 4.82. The lowest BCUT2D eigenvalue weighted by Gasteiger charge is -2.25. The normalized spacial score (nSPS) is 19.2. The van der Waals surface area contributed by atoms with Gasteiger partial charge in [-0.15, -0.1) is 11.3 Å². The van der Waals surface area contributed by atoms with Crippen molar-refractivity contribution < 1.29 is 17.7 Å². The number of sulfonamides is 1. The minimum atomic E-state index is -3.48. The lowest BCUT2D eigenvalue weighted by molar-refractivity contribution is 0.0743. The van der Waals surface area contributed by atoms with Gasteiger partial charge in [-0.05, 0) is 31.7 Å². The van der Waals surface area contributed by atoms with E-state index in [1.807, 2.05) is 0 Å². The van der Waals surface area contributed by atoms with Crippen molar-refractivity contribution in [3.8, 4) is 11.4 Å². The minimum Gasteiger partial charge on any atom is -0.334 e. The molecule has 0 atom stereocenters. The van der Waals surface area contributed by atoms with Gasteiger partial charge in [0.15, 0.2) is 0 Å². The van der Waals surface area contributed by atoms with Crippen molar-refractivity contribution in [2.75, 3.05) is 26.2 Å². The van der Waals surface area contributed by atoms with Gasteiger partial charge in [0, 0.05) is 37.1 Å². The Balaban J connectivity index is 1.54. The van der Waals surface area contributed by atoms with Crippen LogP contribution in [0.2, 0.25) is 0 Å². The second-order valence-electron chi connectivity index (χ2n) is 6.54. The van der Waals surface area contributed by atoms with Gasteiger partial charge in [-0.3, -0.25) is 4.79 Å². The molecule has 140 valence electrons. The van der Waals surface area contributed by atoms with Crippen molar-refractivity contribution in [1.82, 2.24) is 19.3 Å². The number of hydrogen-bond donors (Lipinski definition) is 0. The van der Waals surface area contributed by atoms with E-state index in [2.05, 4.69) is 10.1 Å². The number of piperidine rings is 1. The molecule has 4 rings (SSSR count). The van der Waals surface area contributed by atoms with Crippen LogP contribution in [0.25, 0.3) is 11.4 Å². The summed E-state index contributed by atoms with van der Waals surface area (Å²) in [6.45, 7) is 2.53. The van der Waals surface area contributed by atoms with E-state index in [4.69, 9.17) is 4.52 Å². The van der Waals surface area contributed by atoms with Crippen LogP contribution in [0.1, 0.15) is 42.8 Å². The summed E-state index contributed by atoms with van der Waals surface area (Å²) in [7, 11) is -3.48. The molecule has 4 heterocycles. The van der Waals surface area contributed by atoms with Gasteiger partial charge in [-0.1, -0.05) is 11.6 Å². The van der Waals surface area contributed by atoms with Gasteiger partial charge in [0.05, 0.1) is 0 Å². The van der Waals surface area contributed by atoms with E-state index in [9.17, 15) is 13.2 Å². The summed E-state index contributed by atoms with van der Waals surface area (Å²) in [6, 6.07) is 1.56. The van der Waals surface area contributed by atoms with Crippen LogP contribution in [0.4, 0.5) is 0 Å². The zero-order chi connectivity index (χ0) is 18.1. The molecule has 2 aliphatic heterocycles. The van der Waals surface area contributed by atoms with E-state index in [1.165, 1.54) is 4.31 Å². The fourth-order valence-electron chi connectivity index (χ4n) is 3.28. The van der Waals surface area contributed by atoms with Gasteiger partial charge in [0.1, 0.15) is 4.21 Å². The Morgan fingerprint density at radius 2 is 1.77 bits per heavy atom. The highest BCUT2D eigenvalue weighted by Gasteiger charge is 2.29. The maximum Gasteiger partial charge on any atom is 0.316 e. The van der Waals surface area contributed by atoms with Crippen LogP contribution in [-0.4, -0.2) is 59.8 Å². The molecule has 0 bridgehead atoms. The van der Waals surface area contributed by atoms with Crippen LogP contribution in [0.15, 0.2) is 20.2 Å². The predicted molar refractivity (Wildman–Crippen MR) is 95.4 cm³/mol. The summed E-state index contributed by atoms with van der Waals surface area (Å²) in [4.78, 5) is 18.1. The first-order valence-corrected chi connectivity index (χ1v) is 11.1. The minimum absolute atomic E-state index is 0.0477. The summed E-state index contributed by atoms with van der Waals surface area (Å²) in [5.74, 6) is -0.0740. The van der Waals surface area contributed by atoms with Gasteiger partial charge in [0.25, 0.3) is 10.0 Å². The number of thiophene rings is 1. The van der Waals surface area contributed by atoms with E-state index in [1.54, 1.807) is 16.3 Å². The molecule has 0 saturated carbocycles. The number of rotatable bonds is 4. The van der Waals surface area contributed by atoms with E-state index in [0.717, 1.165) is 43.4 Å². The van der Waals surface area contributed by atoms with Crippen molar-refractivity contribution >= 4 is 27.3 Å². The third-order valence-electron chi connectivity index (χ3n) is 4.75. The molecule has 8 nitrogen and oxygen atoms in total. The summed E-state index contributed by atoms with van der Waals surface area (Å²) in [5, 5.41) is 5.54. The third-order valence-corrected chi connectivity index (χ3v) is 8.06. The lowest BCUT2D eigenvalue weighted by atomic mass is 10.2. The molecule has 26 heavy (non-hydrogen) atoms. The maximum absolute atomic E-state index is 12.7. The molecule has 2 aromatic heterocycles. The summed E-state index contributed by atoms with van der Waals surface area (Å²) >= 11 is 1.14. The third kappa shape index (κ3) is 3.28. The average molecular weight is 396 g/mol. The predicted octanol–water partition coefficient (Wildman–Crippen LogP) is 2.21. The molecule has 0 N–H and O–H groups in total. The van der Waals surface area contributed by atoms with Gasteiger partial charge in [-0.25, -0.2) is 8.42 Å². The molecule has 0 aliphatic carbocycles. The number of aromatic nitrogens is 2. The Bertz CT molecular complexity index is 893. The van der Waals surface area contributed by atoms with E-state index in [-0.39, 0.29) is 21.8 Å². The molecule has 0 spiro atoms. The Hall–Kier alpha value is -1.78. The van der Waals surface area contributed by atoms with E-state index < -0.39 is 10.0 Å². The Morgan fingerprint density at radius 3 is 2.50 bits per heavy atom. The highest BCUT2D eigenvalue weighted by molar-refractivity contribution is 7.91. The average Bonchev–Trinajstić information content (AvgIpc) is 3.42. The van der Waals surface area contributed by atoms with Crippen LogP contribution in [0.5, 0.6) is 0 Å². The van der Waals surface area contributed by atoms with Gasteiger partial charge < -0.3 is 9.42 Å². The molecule has 2 aliphatic rings. The monoisotopic (exact) mass is 396 g/mol. The van der Waals surface area contributed by atoms with Crippen molar-refractivity contribution in [3.63, 3.8) is 0 Å². The second kappa shape index (κ2) is 7.09. The van der Waals surface area contributed by atoms with Crippen LogP contribution < -0.4 is 0 Å². The zero-order valence-corrected chi connectivity index (χ0v) is 15.9.